The quantitative estimate of drug-likeness (QED) is 0.690. The van der Waals surface area contributed by atoms with E-state index in [2.05, 4.69) is 20.2 Å². The first-order valence-corrected chi connectivity index (χ1v) is 10.3. The van der Waals surface area contributed by atoms with Gasteiger partial charge in [-0.15, -0.1) is 0 Å². The summed E-state index contributed by atoms with van der Waals surface area (Å²) in [5.74, 6) is 1.69. The highest BCUT2D eigenvalue weighted by Crippen LogP contribution is 2.25. The molecule has 1 saturated heterocycles. The van der Waals surface area contributed by atoms with Crippen molar-refractivity contribution in [3.05, 3.63) is 47.7 Å². The van der Waals surface area contributed by atoms with Crippen LogP contribution in [0.5, 0.6) is 5.75 Å². The van der Waals surface area contributed by atoms with E-state index in [1.165, 1.54) is 0 Å². The van der Waals surface area contributed by atoms with Crippen molar-refractivity contribution >= 4 is 16.9 Å². The average molecular weight is 393 g/mol. The lowest BCUT2D eigenvalue weighted by Crippen LogP contribution is -2.43. The zero-order valence-electron chi connectivity index (χ0n) is 17.4. The number of anilines is 1. The summed E-state index contributed by atoms with van der Waals surface area (Å²) in [6, 6.07) is 6.51. The lowest BCUT2D eigenvalue weighted by Gasteiger charge is -2.32. The molecule has 152 valence electrons. The Hall–Kier alpha value is -2.80. The van der Waals surface area contributed by atoms with Crippen LogP contribution < -0.4 is 15.0 Å². The summed E-state index contributed by atoms with van der Waals surface area (Å²) in [7, 11) is 0. The largest absolute Gasteiger partial charge is 0.494 e. The summed E-state index contributed by atoms with van der Waals surface area (Å²) in [5, 5.41) is 4.66. The Kier molecular flexibility index (Phi) is 5.85. The minimum atomic E-state index is 0.477. The van der Waals surface area contributed by atoms with Crippen molar-refractivity contribution < 1.29 is 4.74 Å². The normalized spacial score (nSPS) is 15.1. The van der Waals surface area contributed by atoms with Gasteiger partial charge in [0.1, 0.15) is 5.75 Å². The van der Waals surface area contributed by atoms with Crippen molar-refractivity contribution in [2.75, 3.05) is 24.6 Å². The van der Waals surface area contributed by atoms with Gasteiger partial charge in [0.25, 0.3) is 0 Å². The molecule has 1 N–H and O–H groups in total. The molecule has 0 amide bonds. The molecule has 3 heterocycles. The SMILES string of the molecule is CCOc1ccc2nc(N3CCC(NCc4cnc(C)cn4)CC3)nc(C)c2c1. The molecule has 4 rings (SSSR count). The summed E-state index contributed by atoms with van der Waals surface area (Å²) in [5.41, 5.74) is 3.89. The van der Waals surface area contributed by atoms with Crippen molar-refractivity contribution in [3.63, 3.8) is 0 Å². The van der Waals surface area contributed by atoms with Crippen LogP contribution in [0.3, 0.4) is 0 Å². The Balaban J connectivity index is 1.38. The zero-order valence-corrected chi connectivity index (χ0v) is 17.4. The maximum atomic E-state index is 5.61. The number of aryl methyl sites for hydroxylation is 2. The molecule has 0 bridgehead atoms. The van der Waals surface area contributed by atoms with E-state index in [-0.39, 0.29) is 0 Å². The van der Waals surface area contributed by atoms with Crippen LogP contribution in [0, 0.1) is 13.8 Å². The van der Waals surface area contributed by atoms with Crippen LogP contribution in [-0.4, -0.2) is 45.7 Å². The topological polar surface area (TPSA) is 76.1 Å². The Morgan fingerprint density at radius 3 is 2.66 bits per heavy atom. The van der Waals surface area contributed by atoms with Gasteiger partial charge in [-0.3, -0.25) is 9.97 Å². The second-order valence-corrected chi connectivity index (χ2v) is 7.51. The lowest BCUT2D eigenvalue weighted by molar-refractivity contribution is 0.340. The van der Waals surface area contributed by atoms with Gasteiger partial charge in [0.15, 0.2) is 0 Å². The van der Waals surface area contributed by atoms with Crippen LogP contribution in [0.15, 0.2) is 30.6 Å². The van der Waals surface area contributed by atoms with E-state index in [0.717, 1.165) is 72.2 Å². The van der Waals surface area contributed by atoms with Gasteiger partial charge in [0, 0.05) is 43.5 Å². The first kappa shape index (κ1) is 19.5. The molecule has 0 radical (unpaired) electrons. The minimum absolute atomic E-state index is 0.477. The number of rotatable bonds is 6. The van der Waals surface area contributed by atoms with Crippen LogP contribution >= 0.6 is 0 Å². The van der Waals surface area contributed by atoms with Crippen LogP contribution in [-0.2, 0) is 6.54 Å². The summed E-state index contributed by atoms with van der Waals surface area (Å²) in [6.45, 7) is 9.28. The number of fused-ring (bicyclic) bond motifs is 1. The van der Waals surface area contributed by atoms with Crippen molar-refractivity contribution in [1.82, 2.24) is 25.3 Å². The van der Waals surface area contributed by atoms with Gasteiger partial charge in [-0.25, -0.2) is 9.97 Å². The highest BCUT2D eigenvalue weighted by molar-refractivity contribution is 5.83. The zero-order chi connectivity index (χ0) is 20.2. The van der Waals surface area contributed by atoms with Gasteiger partial charge in [-0.05, 0) is 51.8 Å². The third-order valence-corrected chi connectivity index (χ3v) is 5.34. The number of aromatic nitrogens is 4. The number of piperidine rings is 1. The van der Waals surface area contributed by atoms with Gasteiger partial charge < -0.3 is 15.0 Å². The van der Waals surface area contributed by atoms with E-state index >= 15 is 0 Å². The fourth-order valence-electron chi connectivity index (χ4n) is 3.69. The Bertz CT molecular complexity index is 967. The Morgan fingerprint density at radius 2 is 1.93 bits per heavy atom. The Labute approximate surface area is 171 Å². The van der Waals surface area contributed by atoms with Gasteiger partial charge in [-0.1, -0.05) is 0 Å². The predicted octanol–water partition coefficient (Wildman–Crippen LogP) is 3.19. The van der Waals surface area contributed by atoms with Crippen molar-refractivity contribution in [3.8, 4) is 5.75 Å². The predicted molar refractivity (Wildman–Crippen MR) is 114 cm³/mol. The molecular formula is C22H28N6O. The highest BCUT2D eigenvalue weighted by atomic mass is 16.5. The van der Waals surface area contributed by atoms with Gasteiger partial charge >= 0.3 is 0 Å². The number of hydrogen-bond acceptors (Lipinski definition) is 7. The van der Waals surface area contributed by atoms with Crippen molar-refractivity contribution in [2.24, 2.45) is 0 Å². The summed E-state index contributed by atoms with van der Waals surface area (Å²) in [4.78, 5) is 20.6. The maximum Gasteiger partial charge on any atom is 0.226 e. The first-order valence-electron chi connectivity index (χ1n) is 10.3. The molecule has 0 aliphatic carbocycles. The molecule has 0 atom stereocenters. The summed E-state index contributed by atoms with van der Waals surface area (Å²) in [6.07, 6.45) is 5.78. The lowest BCUT2D eigenvalue weighted by atomic mass is 10.1. The Morgan fingerprint density at radius 1 is 1.10 bits per heavy atom. The highest BCUT2D eigenvalue weighted by Gasteiger charge is 2.21. The van der Waals surface area contributed by atoms with Gasteiger partial charge in [0.2, 0.25) is 5.95 Å². The van der Waals surface area contributed by atoms with Crippen LogP contribution in [0.4, 0.5) is 5.95 Å². The number of nitrogens with zero attached hydrogens (tertiary/aromatic N) is 5. The fraction of sp³-hybridized carbons (Fsp3) is 0.455. The molecule has 7 heteroatoms. The van der Waals surface area contributed by atoms with E-state index in [0.29, 0.717) is 12.6 Å². The van der Waals surface area contributed by atoms with E-state index in [9.17, 15) is 0 Å². The molecule has 1 aliphatic rings. The molecule has 3 aromatic rings. The second-order valence-electron chi connectivity index (χ2n) is 7.51. The fourth-order valence-corrected chi connectivity index (χ4v) is 3.69. The van der Waals surface area contributed by atoms with E-state index in [1.54, 1.807) is 0 Å². The van der Waals surface area contributed by atoms with E-state index in [4.69, 9.17) is 14.7 Å². The molecule has 1 fully saturated rings. The summed E-state index contributed by atoms with van der Waals surface area (Å²) < 4.78 is 5.61. The second kappa shape index (κ2) is 8.69. The molecule has 0 saturated carbocycles. The van der Waals surface area contributed by atoms with Crippen molar-refractivity contribution in [2.45, 2.75) is 46.2 Å². The van der Waals surface area contributed by atoms with E-state index < -0.39 is 0 Å². The molecule has 0 spiro atoms. The first-order chi connectivity index (χ1) is 14.1. The molecule has 2 aromatic heterocycles. The molecule has 1 aromatic carbocycles. The summed E-state index contributed by atoms with van der Waals surface area (Å²) >= 11 is 0. The van der Waals surface area contributed by atoms with Crippen LogP contribution in [0.25, 0.3) is 10.9 Å². The minimum Gasteiger partial charge on any atom is -0.494 e. The molecule has 7 nitrogen and oxygen atoms in total. The van der Waals surface area contributed by atoms with Gasteiger partial charge in [0.05, 0.1) is 29.2 Å². The van der Waals surface area contributed by atoms with Crippen molar-refractivity contribution in [1.29, 1.82) is 0 Å². The third-order valence-electron chi connectivity index (χ3n) is 5.34. The molecule has 29 heavy (non-hydrogen) atoms. The maximum absolute atomic E-state index is 5.61. The van der Waals surface area contributed by atoms with Crippen LogP contribution in [0.2, 0.25) is 0 Å². The standard InChI is InChI=1S/C22H28N6O/c1-4-29-19-5-6-21-20(11-19)16(3)26-22(27-21)28-9-7-17(8-10-28)25-14-18-13-23-15(2)12-24-18/h5-6,11-13,17,25H,4,7-10,14H2,1-3H3. The number of hydrogen-bond donors (Lipinski definition) is 1. The number of nitrogens with one attached hydrogen (secondary N) is 1. The van der Waals surface area contributed by atoms with E-state index in [1.807, 2.05) is 51.4 Å². The molecule has 1 aliphatic heterocycles. The average Bonchev–Trinajstić information content (AvgIpc) is 2.74. The number of ether oxygens (including phenoxy) is 1. The smallest absolute Gasteiger partial charge is 0.226 e. The van der Waals surface area contributed by atoms with Gasteiger partial charge in [-0.2, -0.15) is 0 Å². The third kappa shape index (κ3) is 4.62. The molecule has 0 unspecified atom stereocenters. The number of benzene rings is 1. The van der Waals surface area contributed by atoms with Crippen LogP contribution in [0.1, 0.15) is 36.8 Å². The monoisotopic (exact) mass is 392 g/mol. The molecular weight excluding hydrogens is 364 g/mol.